The summed E-state index contributed by atoms with van der Waals surface area (Å²) in [4.78, 5) is 8.93. The highest BCUT2D eigenvalue weighted by atomic mass is 16.5. The third kappa shape index (κ3) is 4.70. The van der Waals surface area contributed by atoms with Gasteiger partial charge in [0.25, 0.3) is 0 Å². The number of pyridine rings is 1. The molecule has 0 spiro atoms. The smallest absolute Gasteiger partial charge is 0.177 e. The van der Waals surface area contributed by atoms with Crippen LogP contribution in [0.2, 0.25) is 0 Å². The second-order valence-electron chi connectivity index (χ2n) is 9.54. The molecule has 0 bridgehead atoms. The Morgan fingerprint density at radius 1 is 0.974 bits per heavy atom. The molecule has 9 heteroatoms. The molecule has 6 rings (SSSR count). The van der Waals surface area contributed by atoms with E-state index in [0.717, 1.165) is 40.1 Å². The number of nitrogens with zero attached hydrogens (tertiary/aromatic N) is 7. The molecule has 3 aromatic heterocycles. The number of benzene rings is 2. The number of hydrogen-bond donors (Lipinski definition) is 0. The van der Waals surface area contributed by atoms with Crippen molar-refractivity contribution in [2.45, 2.75) is 19.1 Å². The first kappa shape index (κ1) is 23.7. The minimum atomic E-state index is -0.137. The normalized spacial score (nSPS) is 14.7. The van der Waals surface area contributed by atoms with Crippen LogP contribution in [0.1, 0.15) is 11.4 Å². The van der Waals surface area contributed by atoms with Gasteiger partial charge in [-0.2, -0.15) is 9.61 Å². The number of aromatic nitrogens is 5. The van der Waals surface area contributed by atoms with Crippen LogP contribution in [0.5, 0.6) is 11.5 Å². The molecule has 1 aliphatic heterocycles. The van der Waals surface area contributed by atoms with Crippen molar-refractivity contribution in [3.8, 4) is 22.8 Å². The summed E-state index contributed by atoms with van der Waals surface area (Å²) in [6.07, 6.45) is 2.22. The Morgan fingerprint density at radius 3 is 2.55 bits per heavy atom. The summed E-state index contributed by atoms with van der Waals surface area (Å²) in [5.41, 5.74) is 4.92. The summed E-state index contributed by atoms with van der Waals surface area (Å²) < 4.78 is 13.5. The molecule has 1 aliphatic rings. The van der Waals surface area contributed by atoms with Gasteiger partial charge in [-0.05, 0) is 54.1 Å². The van der Waals surface area contributed by atoms with Crippen molar-refractivity contribution in [2.75, 3.05) is 37.5 Å². The zero-order valence-electron chi connectivity index (χ0n) is 21.7. The van der Waals surface area contributed by atoms with Crippen molar-refractivity contribution in [3.05, 3.63) is 90.4 Å². The molecule has 1 atom stereocenters. The Labute approximate surface area is 221 Å². The summed E-state index contributed by atoms with van der Waals surface area (Å²) >= 11 is 0. The molecule has 9 nitrogen and oxygen atoms in total. The largest absolute Gasteiger partial charge is 0.497 e. The predicted molar refractivity (Wildman–Crippen MR) is 147 cm³/mol. The van der Waals surface area contributed by atoms with Crippen molar-refractivity contribution in [1.82, 2.24) is 24.8 Å². The first-order chi connectivity index (χ1) is 18.6. The van der Waals surface area contributed by atoms with Crippen LogP contribution in [-0.2, 0) is 13.0 Å². The van der Waals surface area contributed by atoms with Crippen LogP contribution < -0.4 is 19.3 Å². The van der Waals surface area contributed by atoms with Crippen molar-refractivity contribution in [2.24, 2.45) is 0 Å². The van der Waals surface area contributed by atoms with Gasteiger partial charge in [0, 0.05) is 44.5 Å². The maximum Gasteiger partial charge on any atom is 0.177 e. The maximum atomic E-state index is 6.37. The lowest BCUT2D eigenvalue weighted by Gasteiger charge is -2.35. The molecule has 0 saturated carbocycles. The average molecular weight is 508 g/mol. The lowest BCUT2D eigenvalue weighted by atomic mass is 10.1. The quantitative estimate of drug-likeness (QED) is 0.323. The highest BCUT2D eigenvalue weighted by Crippen LogP contribution is 2.33. The number of methoxy groups -OCH3 is 1. The van der Waals surface area contributed by atoms with E-state index in [9.17, 15) is 0 Å². The lowest BCUT2D eigenvalue weighted by molar-refractivity contribution is 0.188. The molecule has 38 heavy (non-hydrogen) atoms. The first-order valence-corrected chi connectivity index (χ1v) is 12.6. The molecule has 0 fully saturated rings. The topological polar surface area (TPSA) is 80.9 Å². The molecule has 2 aromatic carbocycles. The van der Waals surface area contributed by atoms with Gasteiger partial charge in [0.05, 0.1) is 19.3 Å². The van der Waals surface area contributed by atoms with E-state index >= 15 is 0 Å². The number of fused-ring (bicyclic) bond motifs is 2. The van der Waals surface area contributed by atoms with Gasteiger partial charge < -0.3 is 19.3 Å². The number of rotatable bonds is 7. The van der Waals surface area contributed by atoms with Crippen LogP contribution >= 0.6 is 0 Å². The van der Waals surface area contributed by atoms with Crippen molar-refractivity contribution in [3.63, 3.8) is 0 Å². The van der Waals surface area contributed by atoms with Gasteiger partial charge in [-0.25, -0.2) is 4.98 Å². The van der Waals surface area contributed by atoms with E-state index in [-0.39, 0.29) is 6.10 Å². The fraction of sp³-hybridized carbons (Fsp3) is 0.241. The van der Waals surface area contributed by atoms with Crippen molar-refractivity contribution >= 4 is 17.2 Å². The summed E-state index contributed by atoms with van der Waals surface area (Å²) in [6.45, 7) is 1.37. The summed E-state index contributed by atoms with van der Waals surface area (Å²) in [5, 5.41) is 13.7. The Hall–Kier alpha value is -4.66. The zero-order valence-corrected chi connectivity index (χ0v) is 21.7. The standard InChI is InChI=1S/C29H29N7O2/c1-34(2)22-10-8-21(9-11-22)25-14-15-27-31-32-28(36(27)33-25)17-24-19-35(29-26(38-24)5-4-16-30-29)18-20-6-12-23(37-3)13-7-20/h4-16,24H,17-19H2,1-3H3. The molecule has 0 N–H and O–H groups in total. The van der Waals surface area contributed by atoms with Crippen LogP contribution in [0.3, 0.4) is 0 Å². The molecule has 0 aliphatic carbocycles. The minimum absolute atomic E-state index is 0.137. The number of ether oxygens (including phenoxy) is 2. The predicted octanol–water partition coefficient (Wildman–Crippen LogP) is 4.27. The first-order valence-electron chi connectivity index (χ1n) is 12.6. The summed E-state index contributed by atoms with van der Waals surface area (Å²) in [7, 11) is 5.74. The number of hydrogen-bond acceptors (Lipinski definition) is 8. The Kier molecular flexibility index (Phi) is 6.25. The maximum absolute atomic E-state index is 6.37. The summed E-state index contributed by atoms with van der Waals surface area (Å²) in [5.74, 6) is 3.20. The second-order valence-corrected chi connectivity index (χ2v) is 9.54. The third-order valence-corrected chi connectivity index (χ3v) is 6.72. The van der Waals surface area contributed by atoms with Gasteiger partial charge in [0.1, 0.15) is 11.9 Å². The van der Waals surface area contributed by atoms with E-state index in [1.54, 1.807) is 13.3 Å². The Morgan fingerprint density at radius 2 is 1.79 bits per heavy atom. The summed E-state index contributed by atoms with van der Waals surface area (Å²) in [6, 6.07) is 24.3. The monoisotopic (exact) mass is 507 g/mol. The minimum Gasteiger partial charge on any atom is -0.497 e. The fourth-order valence-electron chi connectivity index (χ4n) is 4.71. The van der Waals surface area contributed by atoms with E-state index in [1.807, 2.05) is 55.0 Å². The molecule has 1 unspecified atom stereocenters. The molecule has 4 heterocycles. The molecule has 192 valence electrons. The van der Waals surface area contributed by atoms with Gasteiger partial charge in [-0.3, -0.25) is 0 Å². The SMILES string of the molecule is COc1ccc(CN2CC(Cc3nnc4ccc(-c5ccc(N(C)C)cc5)nn34)Oc3cccnc32)cc1. The zero-order chi connectivity index (χ0) is 26.1. The van der Waals surface area contributed by atoms with Crippen molar-refractivity contribution < 1.29 is 9.47 Å². The highest BCUT2D eigenvalue weighted by Gasteiger charge is 2.28. The van der Waals surface area contributed by atoms with E-state index in [2.05, 4.69) is 61.4 Å². The molecule has 0 amide bonds. The van der Waals surface area contributed by atoms with Crippen LogP contribution in [0.4, 0.5) is 11.5 Å². The molecular formula is C29H29N7O2. The van der Waals surface area contributed by atoms with Crippen LogP contribution in [-0.4, -0.2) is 58.6 Å². The Bertz CT molecular complexity index is 1550. The van der Waals surface area contributed by atoms with Crippen LogP contribution in [0, 0.1) is 0 Å². The van der Waals surface area contributed by atoms with Gasteiger partial charge >= 0.3 is 0 Å². The third-order valence-electron chi connectivity index (χ3n) is 6.72. The molecule has 5 aromatic rings. The molecule has 0 radical (unpaired) electrons. The van der Waals surface area contributed by atoms with Gasteiger partial charge in [-0.15, -0.1) is 10.2 Å². The van der Waals surface area contributed by atoms with Gasteiger partial charge in [0.15, 0.2) is 23.0 Å². The van der Waals surface area contributed by atoms with E-state index in [0.29, 0.717) is 25.2 Å². The Balaban J connectivity index is 1.25. The molecular weight excluding hydrogens is 478 g/mol. The average Bonchev–Trinajstić information content (AvgIpc) is 3.35. The molecule has 0 saturated heterocycles. The lowest BCUT2D eigenvalue weighted by Crippen LogP contribution is -2.41. The van der Waals surface area contributed by atoms with Crippen LogP contribution in [0.25, 0.3) is 16.9 Å². The van der Waals surface area contributed by atoms with E-state index < -0.39 is 0 Å². The fourth-order valence-corrected chi connectivity index (χ4v) is 4.71. The highest BCUT2D eigenvalue weighted by molar-refractivity contribution is 5.63. The van der Waals surface area contributed by atoms with Crippen molar-refractivity contribution in [1.29, 1.82) is 0 Å². The van der Waals surface area contributed by atoms with Crippen LogP contribution in [0.15, 0.2) is 79.0 Å². The van der Waals surface area contributed by atoms with Gasteiger partial charge in [0.2, 0.25) is 0 Å². The second kappa shape index (κ2) is 10.0. The van der Waals surface area contributed by atoms with Gasteiger partial charge in [-0.1, -0.05) is 24.3 Å². The van der Waals surface area contributed by atoms with E-state index in [1.165, 1.54) is 5.56 Å². The number of anilines is 2. The van der Waals surface area contributed by atoms with E-state index in [4.69, 9.17) is 14.6 Å².